The fourth-order valence-electron chi connectivity index (χ4n) is 3.45. The lowest BCUT2D eigenvalue weighted by Gasteiger charge is -2.24. The van der Waals surface area contributed by atoms with E-state index in [0.29, 0.717) is 18.9 Å². The predicted octanol–water partition coefficient (Wildman–Crippen LogP) is 2.69. The summed E-state index contributed by atoms with van der Waals surface area (Å²) in [7, 11) is 0. The van der Waals surface area contributed by atoms with Gasteiger partial charge in [-0.1, -0.05) is 25.7 Å². The predicted molar refractivity (Wildman–Crippen MR) is 85.6 cm³/mol. The second-order valence-corrected chi connectivity index (χ2v) is 6.59. The van der Waals surface area contributed by atoms with E-state index in [1.54, 1.807) is 0 Å². The minimum absolute atomic E-state index is 0.481. The molecule has 2 N–H and O–H groups in total. The van der Waals surface area contributed by atoms with Crippen LogP contribution in [0.25, 0.3) is 0 Å². The number of benzene rings is 1. The summed E-state index contributed by atoms with van der Waals surface area (Å²) in [5, 5.41) is 4.74. The summed E-state index contributed by atoms with van der Waals surface area (Å²) in [6.45, 7) is -0.634. The van der Waals surface area contributed by atoms with Gasteiger partial charge in [-0.15, -0.1) is 0 Å². The van der Waals surface area contributed by atoms with Crippen molar-refractivity contribution in [3.8, 4) is 0 Å². The number of hydrogen-bond donors (Lipinski definition) is 2. The van der Waals surface area contributed by atoms with Crippen LogP contribution in [-0.2, 0) is 9.59 Å². The summed E-state index contributed by atoms with van der Waals surface area (Å²) in [5.74, 6) is -6.01. The first-order valence-electron chi connectivity index (χ1n) is 8.41. The lowest BCUT2D eigenvalue weighted by atomic mass is 9.90. The molecule has 0 atom stereocenters. The number of urea groups is 1. The maximum Gasteiger partial charge on any atom is 0.325 e. The molecule has 2 fully saturated rings. The van der Waals surface area contributed by atoms with Gasteiger partial charge in [0.15, 0.2) is 17.5 Å². The van der Waals surface area contributed by atoms with Crippen molar-refractivity contribution in [3.05, 3.63) is 29.6 Å². The normalized spacial score (nSPS) is 19.4. The van der Waals surface area contributed by atoms with Crippen LogP contribution in [-0.4, -0.2) is 34.8 Å². The Morgan fingerprint density at radius 3 is 2.38 bits per heavy atom. The van der Waals surface area contributed by atoms with Crippen LogP contribution in [0.5, 0.6) is 0 Å². The van der Waals surface area contributed by atoms with Crippen molar-refractivity contribution in [1.82, 2.24) is 10.2 Å². The summed E-state index contributed by atoms with van der Waals surface area (Å²) < 4.78 is 39.8. The molecule has 26 heavy (non-hydrogen) atoms. The number of nitrogens with zero attached hydrogens (tertiary/aromatic N) is 1. The van der Waals surface area contributed by atoms with Gasteiger partial charge in [0.2, 0.25) is 5.91 Å². The molecule has 2 aliphatic rings. The number of hydrogen-bond acceptors (Lipinski definition) is 3. The summed E-state index contributed by atoms with van der Waals surface area (Å²) in [4.78, 5) is 37.7. The Balaban J connectivity index is 1.70. The summed E-state index contributed by atoms with van der Waals surface area (Å²) in [5.41, 5.74) is -1.55. The number of carbonyl (C=O) groups excluding carboxylic acids is 3. The maximum absolute atomic E-state index is 13.6. The van der Waals surface area contributed by atoms with Crippen molar-refractivity contribution < 1.29 is 27.6 Å². The SMILES string of the molecule is O=C(CN1C(=O)NC2(CCCCCC2)C1=O)Nc1ccc(F)c(F)c1F. The average Bonchev–Trinajstić information content (AvgIpc) is 2.77. The molecular weight excluding hydrogens is 351 g/mol. The van der Waals surface area contributed by atoms with E-state index in [9.17, 15) is 27.6 Å². The minimum atomic E-state index is -1.71. The zero-order valence-electron chi connectivity index (χ0n) is 13.9. The van der Waals surface area contributed by atoms with Crippen LogP contribution in [0.4, 0.5) is 23.7 Å². The monoisotopic (exact) mass is 369 g/mol. The van der Waals surface area contributed by atoms with Crippen molar-refractivity contribution in [2.75, 3.05) is 11.9 Å². The van der Waals surface area contributed by atoms with Crippen LogP contribution < -0.4 is 10.6 Å². The molecule has 6 nitrogen and oxygen atoms in total. The van der Waals surface area contributed by atoms with Gasteiger partial charge in [-0.05, 0) is 25.0 Å². The molecule has 140 valence electrons. The molecule has 1 spiro atoms. The van der Waals surface area contributed by atoms with E-state index in [4.69, 9.17) is 0 Å². The van der Waals surface area contributed by atoms with Crippen LogP contribution >= 0.6 is 0 Å². The zero-order chi connectivity index (χ0) is 18.9. The highest BCUT2D eigenvalue weighted by Gasteiger charge is 2.51. The van der Waals surface area contributed by atoms with Gasteiger partial charge < -0.3 is 10.6 Å². The third-order valence-corrected chi connectivity index (χ3v) is 4.81. The number of amides is 4. The maximum atomic E-state index is 13.6. The van der Waals surface area contributed by atoms with Crippen molar-refractivity contribution in [2.24, 2.45) is 0 Å². The molecular formula is C17H18F3N3O3. The van der Waals surface area contributed by atoms with Crippen LogP contribution in [0.15, 0.2) is 12.1 Å². The number of nitrogens with one attached hydrogen (secondary N) is 2. The molecule has 0 radical (unpaired) electrons. The van der Waals surface area contributed by atoms with E-state index in [1.165, 1.54) is 0 Å². The molecule has 3 rings (SSSR count). The highest BCUT2D eigenvalue weighted by atomic mass is 19.2. The van der Waals surface area contributed by atoms with Gasteiger partial charge in [-0.25, -0.2) is 18.0 Å². The summed E-state index contributed by atoms with van der Waals surface area (Å²) in [6.07, 6.45) is 4.56. The first-order valence-corrected chi connectivity index (χ1v) is 8.41. The summed E-state index contributed by atoms with van der Waals surface area (Å²) in [6, 6.07) is 0.852. The van der Waals surface area contributed by atoms with Crippen molar-refractivity contribution in [1.29, 1.82) is 0 Å². The quantitative estimate of drug-likeness (QED) is 0.635. The Morgan fingerprint density at radius 1 is 1.08 bits per heavy atom. The lowest BCUT2D eigenvalue weighted by Crippen LogP contribution is -2.47. The van der Waals surface area contributed by atoms with E-state index in [2.05, 4.69) is 10.6 Å². The van der Waals surface area contributed by atoms with E-state index < -0.39 is 53.1 Å². The van der Waals surface area contributed by atoms with E-state index in [-0.39, 0.29) is 0 Å². The highest BCUT2D eigenvalue weighted by molar-refractivity contribution is 6.10. The standard InChI is InChI=1S/C17H18F3N3O3/c18-10-5-6-11(14(20)13(10)19)21-12(24)9-23-15(25)17(22-16(23)26)7-3-1-2-4-8-17/h5-6H,1-4,7-9H2,(H,21,24)(H,22,26). The Labute approximate surface area is 147 Å². The molecule has 1 aromatic carbocycles. The fraction of sp³-hybridized carbons (Fsp3) is 0.471. The molecule has 1 aliphatic carbocycles. The van der Waals surface area contributed by atoms with Crippen LogP contribution in [0.2, 0.25) is 0 Å². The summed E-state index contributed by atoms with van der Waals surface area (Å²) >= 11 is 0. The average molecular weight is 369 g/mol. The molecule has 1 saturated heterocycles. The Bertz CT molecular complexity index is 761. The number of halogens is 3. The number of imide groups is 1. The van der Waals surface area contributed by atoms with Gasteiger partial charge in [-0.3, -0.25) is 14.5 Å². The van der Waals surface area contributed by atoms with Gasteiger partial charge in [0, 0.05) is 0 Å². The first kappa shape index (κ1) is 18.2. The fourth-order valence-corrected chi connectivity index (χ4v) is 3.45. The number of carbonyl (C=O) groups is 3. The van der Waals surface area contributed by atoms with Gasteiger partial charge in [0.25, 0.3) is 5.91 Å². The van der Waals surface area contributed by atoms with Gasteiger partial charge >= 0.3 is 6.03 Å². The second-order valence-electron chi connectivity index (χ2n) is 6.59. The van der Waals surface area contributed by atoms with Crippen LogP contribution in [0.1, 0.15) is 38.5 Å². The smallest absolute Gasteiger partial charge is 0.323 e. The van der Waals surface area contributed by atoms with Crippen LogP contribution in [0, 0.1) is 17.5 Å². The first-order chi connectivity index (χ1) is 12.3. The topological polar surface area (TPSA) is 78.5 Å². The zero-order valence-corrected chi connectivity index (χ0v) is 13.9. The van der Waals surface area contributed by atoms with Gasteiger partial charge in [-0.2, -0.15) is 0 Å². The Morgan fingerprint density at radius 2 is 1.73 bits per heavy atom. The highest BCUT2D eigenvalue weighted by Crippen LogP contribution is 2.32. The van der Waals surface area contributed by atoms with Crippen molar-refractivity contribution in [2.45, 2.75) is 44.1 Å². The Hall–Kier alpha value is -2.58. The third kappa shape index (κ3) is 3.25. The number of anilines is 1. The minimum Gasteiger partial charge on any atom is -0.323 e. The van der Waals surface area contributed by atoms with E-state index >= 15 is 0 Å². The molecule has 0 aromatic heterocycles. The van der Waals surface area contributed by atoms with E-state index in [0.717, 1.165) is 36.6 Å². The van der Waals surface area contributed by atoms with Crippen molar-refractivity contribution in [3.63, 3.8) is 0 Å². The molecule has 1 aromatic rings. The third-order valence-electron chi connectivity index (χ3n) is 4.81. The molecule has 1 aliphatic heterocycles. The molecule has 4 amide bonds. The molecule has 1 saturated carbocycles. The second kappa shape index (κ2) is 6.97. The lowest BCUT2D eigenvalue weighted by molar-refractivity contribution is -0.134. The largest absolute Gasteiger partial charge is 0.325 e. The molecule has 9 heteroatoms. The van der Waals surface area contributed by atoms with Gasteiger partial charge in [0.05, 0.1) is 5.69 Å². The molecule has 0 unspecified atom stereocenters. The van der Waals surface area contributed by atoms with Crippen LogP contribution in [0.3, 0.4) is 0 Å². The van der Waals surface area contributed by atoms with Gasteiger partial charge in [0.1, 0.15) is 12.1 Å². The Kier molecular flexibility index (Phi) is 4.88. The van der Waals surface area contributed by atoms with Crippen molar-refractivity contribution >= 4 is 23.5 Å². The van der Waals surface area contributed by atoms with E-state index in [1.807, 2.05) is 0 Å². The molecule has 0 bridgehead atoms. The molecule has 1 heterocycles. The number of rotatable bonds is 3.